The summed E-state index contributed by atoms with van der Waals surface area (Å²) in [6, 6.07) is 3.69. The second-order valence-corrected chi connectivity index (χ2v) is 5.49. The van der Waals surface area contributed by atoms with Gasteiger partial charge in [0.05, 0.1) is 15.5 Å². The highest BCUT2D eigenvalue weighted by molar-refractivity contribution is 7.92. The minimum Gasteiger partial charge on any atom is -0.261 e. The van der Waals surface area contributed by atoms with Gasteiger partial charge >= 0.3 is 0 Å². The lowest BCUT2D eigenvalue weighted by molar-refractivity contribution is 0.680. The van der Waals surface area contributed by atoms with E-state index in [1.165, 1.54) is 6.26 Å². The smallest absolute Gasteiger partial charge is 0.214 e. The van der Waals surface area contributed by atoms with E-state index in [4.69, 9.17) is 5.26 Å². The van der Waals surface area contributed by atoms with Crippen molar-refractivity contribution in [3.63, 3.8) is 0 Å². The van der Waals surface area contributed by atoms with Crippen LogP contribution in [0.15, 0.2) is 22.7 Å². The molecule has 5 heteroatoms. The van der Waals surface area contributed by atoms with Gasteiger partial charge in [0.25, 0.3) is 0 Å². The maximum atomic E-state index is 11.6. The van der Waals surface area contributed by atoms with Gasteiger partial charge in [-0.15, -0.1) is 4.36 Å². The SMILES string of the molecule is Cc1ccc(CS(C)(=O)=NC#N)cn1. The van der Waals surface area contributed by atoms with Crippen molar-refractivity contribution in [2.75, 3.05) is 6.26 Å². The van der Waals surface area contributed by atoms with Crippen molar-refractivity contribution in [1.82, 2.24) is 4.98 Å². The molecule has 0 fully saturated rings. The van der Waals surface area contributed by atoms with Gasteiger partial charge in [0, 0.05) is 18.1 Å². The number of nitrogens with zero attached hydrogens (tertiary/aromatic N) is 3. The van der Waals surface area contributed by atoms with Gasteiger partial charge < -0.3 is 0 Å². The van der Waals surface area contributed by atoms with Crippen LogP contribution in [0.3, 0.4) is 0 Å². The van der Waals surface area contributed by atoms with Crippen molar-refractivity contribution in [3.8, 4) is 6.19 Å². The van der Waals surface area contributed by atoms with Gasteiger partial charge in [0.2, 0.25) is 6.19 Å². The van der Waals surface area contributed by atoms with Crippen LogP contribution < -0.4 is 0 Å². The van der Waals surface area contributed by atoms with Crippen LogP contribution in [0.5, 0.6) is 0 Å². The summed E-state index contributed by atoms with van der Waals surface area (Å²) in [6.45, 7) is 1.88. The molecule has 0 spiro atoms. The topological polar surface area (TPSA) is 66.1 Å². The van der Waals surface area contributed by atoms with E-state index in [9.17, 15) is 4.21 Å². The van der Waals surface area contributed by atoms with Crippen LogP contribution in [-0.4, -0.2) is 15.4 Å². The van der Waals surface area contributed by atoms with Crippen LogP contribution >= 0.6 is 0 Å². The van der Waals surface area contributed by atoms with E-state index in [2.05, 4.69) is 9.35 Å². The van der Waals surface area contributed by atoms with Gasteiger partial charge in [-0.2, -0.15) is 5.26 Å². The summed E-state index contributed by atoms with van der Waals surface area (Å²) in [5.74, 6) is 0.272. The molecule has 0 radical (unpaired) electrons. The van der Waals surface area contributed by atoms with E-state index in [-0.39, 0.29) is 5.75 Å². The van der Waals surface area contributed by atoms with Crippen molar-refractivity contribution in [1.29, 1.82) is 5.26 Å². The number of hydrogen-bond donors (Lipinski definition) is 0. The molecule has 1 unspecified atom stereocenters. The standard InChI is InChI=1S/C9H11N3OS/c1-8-3-4-9(5-11-8)6-14(2,13)12-7-10/h3-5H,6H2,1-2H3. The lowest BCUT2D eigenvalue weighted by atomic mass is 10.3. The number of pyridine rings is 1. The number of nitriles is 1. The monoisotopic (exact) mass is 209 g/mol. The second kappa shape index (κ2) is 4.20. The van der Waals surface area contributed by atoms with E-state index in [1.807, 2.05) is 19.1 Å². The molecule has 0 saturated carbocycles. The van der Waals surface area contributed by atoms with Gasteiger partial charge in [-0.1, -0.05) is 6.07 Å². The third-order valence-corrected chi connectivity index (χ3v) is 2.98. The molecule has 0 amide bonds. The predicted octanol–water partition coefficient (Wildman–Crippen LogP) is 1.47. The quantitative estimate of drug-likeness (QED) is 0.693. The van der Waals surface area contributed by atoms with Crippen LogP contribution in [0.1, 0.15) is 11.3 Å². The Morgan fingerprint density at radius 3 is 2.86 bits per heavy atom. The Labute approximate surface area is 83.8 Å². The van der Waals surface area contributed by atoms with Gasteiger partial charge in [-0.3, -0.25) is 4.98 Å². The largest absolute Gasteiger partial charge is 0.261 e. The third-order valence-electron chi connectivity index (χ3n) is 1.64. The summed E-state index contributed by atoms with van der Waals surface area (Å²) in [4.78, 5) is 4.07. The summed E-state index contributed by atoms with van der Waals surface area (Å²) < 4.78 is 15.0. The molecule has 0 N–H and O–H groups in total. The lowest BCUT2D eigenvalue weighted by Crippen LogP contribution is -2.01. The van der Waals surface area contributed by atoms with Crippen molar-refractivity contribution in [2.24, 2.45) is 4.36 Å². The fourth-order valence-corrected chi connectivity index (χ4v) is 2.04. The van der Waals surface area contributed by atoms with Gasteiger partial charge in [0.15, 0.2) is 0 Å². The highest BCUT2D eigenvalue weighted by atomic mass is 32.2. The van der Waals surface area contributed by atoms with Crippen molar-refractivity contribution < 1.29 is 4.21 Å². The molecule has 14 heavy (non-hydrogen) atoms. The van der Waals surface area contributed by atoms with Gasteiger partial charge in [-0.05, 0) is 18.6 Å². The van der Waals surface area contributed by atoms with Gasteiger partial charge in [-0.25, -0.2) is 4.21 Å². The predicted molar refractivity (Wildman–Crippen MR) is 54.8 cm³/mol. The molecule has 4 nitrogen and oxygen atoms in total. The van der Waals surface area contributed by atoms with E-state index in [0.29, 0.717) is 0 Å². The van der Waals surface area contributed by atoms with E-state index in [0.717, 1.165) is 11.3 Å². The normalized spacial score (nSPS) is 14.1. The maximum absolute atomic E-state index is 11.6. The fraction of sp³-hybridized carbons (Fsp3) is 0.333. The molecule has 1 atom stereocenters. The fourth-order valence-electron chi connectivity index (χ4n) is 1.01. The lowest BCUT2D eigenvalue weighted by Gasteiger charge is -2.01. The van der Waals surface area contributed by atoms with E-state index in [1.54, 1.807) is 12.4 Å². The Balaban J connectivity index is 2.91. The maximum Gasteiger partial charge on any atom is 0.214 e. The minimum absolute atomic E-state index is 0.272. The van der Waals surface area contributed by atoms with Gasteiger partial charge in [0.1, 0.15) is 0 Å². The molecule has 0 aliphatic carbocycles. The van der Waals surface area contributed by atoms with Crippen LogP contribution in [-0.2, 0) is 15.5 Å². The summed E-state index contributed by atoms with van der Waals surface area (Å²) >= 11 is 0. The number of rotatable bonds is 2. The molecule has 1 aromatic heterocycles. The van der Waals surface area contributed by atoms with Crippen LogP contribution in [0.2, 0.25) is 0 Å². The molecular formula is C9H11N3OS. The Hall–Kier alpha value is -1.41. The number of aromatic nitrogens is 1. The summed E-state index contributed by atoms with van der Waals surface area (Å²) in [7, 11) is -2.42. The number of hydrogen-bond acceptors (Lipinski definition) is 4. The third kappa shape index (κ3) is 3.15. The Morgan fingerprint density at radius 1 is 1.64 bits per heavy atom. The van der Waals surface area contributed by atoms with Crippen LogP contribution in [0.4, 0.5) is 0 Å². The summed E-state index contributed by atoms with van der Waals surface area (Å²) in [6.07, 6.45) is 4.70. The molecule has 0 aromatic carbocycles. The average Bonchev–Trinajstić information content (AvgIpc) is 2.08. The van der Waals surface area contributed by atoms with Crippen LogP contribution in [0.25, 0.3) is 0 Å². The van der Waals surface area contributed by atoms with Crippen molar-refractivity contribution >= 4 is 9.73 Å². The second-order valence-electron chi connectivity index (χ2n) is 3.10. The van der Waals surface area contributed by atoms with Crippen LogP contribution in [0, 0.1) is 18.4 Å². The highest BCUT2D eigenvalue weighted by Gasteiger charge is 2.03. The first kappa shape index (κ1) is 10.7. The first-order valence-electron chi connectivity index (χ1n) is 4.03. The molecule has 1 heterocycles. The molecule has 74 valence electrons. The summed E-state index contributed by atoms with van der Waals surface area (Å²) in [5.41, 5.74) is 1.75. The molecule has 0 aliphatic heterocycles. The molecule has 0 bridgehead atoms. The molecule has 0 aliphatic rings. The Morgan fingerprint density at radius 2 is 2.36 bits per heavy atom. The number of aryl methyl sites for hydroxylation is 1. The zero-order valence-corrected chi connectivity index (χ0v) is 8.91. The van der Waals surface area contributed by atoms with E-state index >= 15 is 0 Å². The minimum atomic E-state index is -2.42. The Bertz CT molecular complexity index is 464. The van der Waals surface area contributed by atoms with E-state index < -0.39 is 9.73 Å². The summed E-state index contributed by atoms with van der Waals surface area (Å²) in [5, 5.41) is 8.31. The molecule has 0 saturated heterocycles. The first-order chi connectivity index (χ1) is 6.53. The zero-order valence-electron chi connectivity index (χ0n) is 8.10. The highest BCUT2D eigenvalue weighted by Crippen LogP contribution is 2.06. The molecule has 1 rings (SSSR count). The average molecular weight is 209 g/mol. The first-order valence-corrected chi connectivity index (χ1v) is 6.12. The Kier molecular flexibility index (Phi) is 3.20. The molecular weight excluding hydrogens is 198 g/mol. The molecule has 1 aromatic rings. The zero-order chi connectivity index (χ0) is 10.6. The van der Waals surface area contributed by atoms with Crippen molar-refractivity contribution in [2.45, 2.75) is 12.7 Å². The van der Waals surface area contributed by atoms with Crippen molar-refractivity contribution in [3.05, 3.63) is 29.6 Å².